The van der Waals surface area contributed by atoms with Gasteiger partial charge in [-0.2, -0.15) is 0 Å². The van der Waals surface area contributed by atoms with E-state index in [2.05, 4.69) is 15.6 Å². The Morgan fingerprint density at radius 1 is 1.03 bits per heavy atom. The number of carbonyl (C=O) groups is 1. The lowest BCUT2D eigenvalue weighted by molar-refractivity contribution is -0.0586. The Morgan fingerprint density at radius 2 is 1.66 bits per heavy atom. The molecule has 2 aromatic rings. The average Bonchev–Trinajstić information content (AvgIpc) is 2.80. The molecular formula is C25H34N4O3. The summed E-state index contributed by atoms with van der Waals surface area (Å²) >= 11 is 0. The monoisotopic (exact) mass is 438 g/mol. The Balaban J connectivity index is 1.56. The van der Waals surface area contributed by atoms with E-state index < -0.39 is 0 Å². The number of hydrogen-bond donors (Lipinski definition) is 2. The van der Waals surface area contributed by atoms with Crippen LogP contribution in [0.1, 0.15) is 42.3 Å². The Kier molecular flexibility index (Phi) is 8.50. The van der Waals surface area contributed by atoms with E-state index in [9.17, 15) is 4.79 Å². The molecule has 0 bridgehead atoms. The second kappa shape index (κ2) is 11.5. The van der Waals surface area contributed by atoms with Crippen molar-refractivity contribution in [2.75, 3.05) is 26.7 Å². The SMILES string of the molecule is CCNC(=NCc1ccc(OC)cc1)NCc1ccc(C(=O)N2CC(C)OC(C)C2)cc1. The lowest BCUT2D eigenvalue weighted by Gasteiger charge is -2.35. The molecule has 32 heavy (non-hydrogen) atoms. The molecule has 0 aliphatic carbocycles. The smallest absolute Gasteiger partial charge is 0.254 e. The summed E-state index contributed by atoms with van der Waals surface area (Å²) in [6.07, 6.45) is 0.126. The van der Waals surface area contributed by atoms with Gasteiger partial charge >= 0.3 is 0 Å². The first kappa shape index (κ1) is 23.6. The molecule has 1 fully saturated rings. The minimum Gasteiger partial charge on any atom is -0.497 e. The molecule has 1 amide bonds. The third-order valence-corrected chi connectivity index (χ3v) is 5.29. The first-order valence-electron chi connectivity index (χ1n) is 11.2. The fourth-order valence-electron chi connectivity index (χ4n) is 3.72. The molecule has 2 unspecified atom stereocenters. The van der Waals surface area contributed by atoms with Crippen LogP contribution >= 0.6 is 0 Å². The Hall–Kier alpha value is -3.06. The van der Waals surface area contributed by atoms with Crippen molar-refractivity contribution in [2.24, 2.45) is 4.99 Å². The second-order valence-corrected chi connectivity index (χ2v) is 8.06. The maximum atomic E-state index is 12.8. The molecule has 7 heteroatoms. The number of carbonyl (C=O) groups excluding carboxylic acids is 1. The number of rotatable bonds is 7. The van der Waals surface area contributed by atoms with Gasteiger partial charge in [0.2, 0.25) is 0 Å². The molecule has 0 aromatic heterocycles. The number of nitrogens with zero attached hydrogens (tertiary/aromatic N) is 2. The van der Waals surface area contributed by atoms with Gasteiger partial charge in [0.15, 0.2) is 5.96 Å². The van der Waals surface area contributed by atoms with Crippen LogP contribution in [0.25, 0.3) is 0 Å². The number of benzene rings is 2. The zero-order chi connectivity index (χ0) is 22.9. The summed E-state index contributed by atoms with van der Waals surface area (Å²) in [5.41, 5.74) is 2.90. The van der Waals surface area contributed by atoms with E-state index in [0.717, 1.165) is 29.4 Å². The van der Waals surface area contributed by atoms with Crippen LogP contribution < -0.4 is 15.4 Å². The van der Waals surface area contributed by atoms with Crippen molar-refractivity contribution in [3.05, 3.63) is 65.2 Å². The van der Waals surface area contributed by atoms with Crippen LogP contribution in [0.15, 0.2) is 53.5 Å². The molecule has 3 rings (SSSR count). The lowest BCUT2D eigenvalue weighted by Crippen LogP contribution is -2.48. The van der Waals surface area contributed by atoms with Crippen molar-refractivity contribution in [1.82, 2.24) is 15.5 Å². The van der Waals surface area contributed by atoms with Crippen molar-refractivity contribution in [3.8, 4) is 5.75 Å². The molecule has 1 heterocycles. The standard InChI is InChI=1S/C25H34N4O3/c1-5-26-25(28-15-21-8-12-23(31-4)13-9-21)27-14-20-6-10-22(11-7-20)24(30)29-16-18(2)32-19(3)17-29/h6-13,18-19H,5,14-17H2,1-4H3,(H2,26,27,28). The van der Waals surface area contributed by atoms with Gasteiger partial charge in [0.1, 0.15) is 5.75 Å². The van der Waals surface area contributed by atoms with Gasteiger partial charge in [0.25, 0.3) is 5.91 Å². The van der Waals surface area contributed by atoms with E-state index in [4.69, 9.17) is 9.47 Å². The second-order valence-electron chi connectivity index (χ2n) is 8.06. The first-order chi connectivity index (χ1) is 15.5. The van der Waals surface area contributed by atoms with Gasteiger partial charge in [-0.15, -0.1) is 0 Å². The quantitative estimate of drug-likeness (QED) is 0.513. The highest BCUT2D eigenvalue weighted by Crippen LogP contribution is 2.15. The molecule has 2 N–H and O–H groups in total. The molecule has 1 aliphatic heterocycles. The summed E-state index contributed by atoms with van der Waals surface area (Å²) in [7, 11) is 1.66. The molecule has 0 spiro atoms. The van der Waals surface area contributed by atoms with Gasteiger partial charge in [-0.1, -0.05) is 24.3 Å². The maximum Gasteiger partial charge on any atom is 0.254 e. The summed E-state index contributed by atoms with van der Waals surface area (Å²) in [5.74, 6) is 1.64. The number of hydrogen-bond acceptors (Lipinski definition) is 4. The number of amides is 1. The van der Waals surface area contributed by atoms with Gasteiger partial charge in [-0.3, -0.25) is 4.79 Å². The van der Waals surface area contributed by atoms with Crippen LogP contribution in [0.5, 0.6) is 5.75 Å². The van der Waals surface area contributed by atoms with E-state index in [-0.39, 0.29) is 18.1 Å². The minimum atomic E-state index is 0.0564. The van der Waals surface area contributed by atoms with E-state index in [1.54, 1.807) is 7.11 Å². The zero-order valence-corrected chi connectivity index (χ0v) is 19.4. The van der Waals surface area contributed by atoms with Gasteiger partial charge in [-0.05, 0) is 56.2 Å². The molecule has 172 valence electrons. The minimum absolute atomic E-state index is 0.0564. The molecule has 1 saturated heterocycles. The number of methoxy groups -OCH3 is 1. The van der Waals surface area contributed by atoms with E-state index >= 15 is 0 Å². The summed E-state index contributed by atoms with van der Waals surface area (Å²) < 4.78 is 10.9. The van der Waals surface area contributed by atoms with Crippen LogP contribution in [0.2, 0.25) is 0 Å². The third-order valence-electron chi connectivity index (χ3n) is 5.29. The topological polar surface area (TPSA) is 75.2 Å². The van der Waals surface area contributed by atoms with Crippen molar-refractivity contribution < 1.29 is 14.3 Å². The highest BCUT2D eigenvalue weighted by molar-refractivity contribution is 5.94. The molecule has 0 saturated carbocycles. The Morgan fingerprint density at radius 3 is 2.25 bits per heavy atom. The number of ether oxygens (including phenoxy) is 2. The van der Waals surface area contributed by atoms with Crippen LogP contribution in [0.4, 0.5) is 0 Å². The van der Waals surface area contributed by atoms with Crippen molar-refractivity contribution >= 4 is 11.9 Å². The fourth-order valence-corrected chi connectivity index (χ4v) is 3.72. The number of morpholine rings is 1. The molecule has 2 atom stereocenters. The highest BCUT2D eigenvalue weighted by Gasteiger charge is 2.26. The zero-order valence-electron chi connectivity index (χ0n) is 19.4. The Labute approximate surface area is 190 Å². The highest BCUT2D eigenvalue weighted by atomic mass is 16.5. The predicted molar refractivity (Wildman–Crippen MR) is 127 cm³/mol. The van der Waals surface area contributed by atoms with Crippen molar-refractivity contribution in [3.63, 3.8) is 0 Å². The largest absolute Gasteiger partial charge is 0.497 e. The van der Waals surface area contributed by atoms with Gasteiger partial charge < -0.3 is 25.0 Å². The normalized spacial score (nSPS) is 18.9. The molecule has 0 radical (unpaired) electrons. The molecule has 1 aliphatic rings. The van der Waals surface area contributed by atoms with Crippen molar-refractivity contribution in [2.45, 2.75) is 46.1 Å². The molecule has 7 nitrogen and oxygen atoms in total. The number of nitrogens with one attached hydrogen (secondary N) is 2. The van der Waals surface area contributed by atoms with Gasteiger partial charge in [-0.25, -0.2) is 4.99 Å². The Bertz CT molecular complexity index is 886. The molecule has 2 aromatic carbocycles. The average molecular weight is 439 g/mol. The van der Waals surface area contributed by atoms with Gasteiger partial charge in [0, 0.05) is 31.7 Å². The lowest BCUT2D eigenvalue weighted by atomic mass is 10.1. The molecular weight excluding hydrogens is 404 g/mol. The summed E-state index contributed by atoms with van der Waals surface area (Å²) in [6.45, 7) is 9.27. The van der Waals surface area contributed by atoms with Crippen LogP contribution in [-0.2, 0) is 17.8 Å². The summed E-state index contributed by atoms with van der Waals surface area (Å²) in [5, 5.41) is 6.62. The summed E-state index contributed by atoms with van der Waals surface area (Å²) in [4.78, 5) is 19.4. The van der Waals surface area contributed by atoms with Gasteiger partial charge in [0.05, 0.1) is 25.9 Å². The fraction of sp³-hybridized carbons (Fsp3) is 0.440. The van der Waals surface area contributed by atoms with E-state index in [1.165, 1.54) is 0 Å². The maximum absolute atomic E-state index is 12.8. The number of aliphatic imine (C=N–C) groups is 1. The summed E-state index contributed by atoms with van der Waals surface area (Å²) in [6, 6.07) is 15.7. The van der Waals surface area contributed by atoms with Crippen LogP contribution in [0.3, 0.4) is 0 Å². The van der Waals surface area contributed by atoms with Crippen LogP contribution in [-0.4, -0.2) is 55.7 Å². The van der Waals surface area contributed by atoms with Crippen molar-refractivity contribution in [1.29, 1.82) is 0 Å². The first-order valence-corrected chi connectivity index (χ1v) is 11.2. The van der Waals surface area contributed by atoms with Crippen LogP contribution in [0, 0.1) is 0 Å². The third kappa shape index (κ3) is 6.72. The van der Waals surface area contributed by atoms with E-state index in [1.807, 2.05) is 74.2 Å². The number of guanidine groups is 1. The van der Waals surface area contributed by atoms with E-state index in [0.29, 0.717) is 31.7 Å². The predicted octanol–water partition coefficient (Wildman–Crippen LogP) is 3.20.